The average molecular weight is 236 g/mol. The summed E-state index contributed by atoms with van der Waals surface area (Å²) in [6.45, 7) is 0.864. The van der Waals surface area contributed by atoms with Gasteiger partial charge in [-0.25, -0.2) is 8.78 Å². The number of allylic oxidation sites excluding steroid dienone is 2. The van der Waals surface area contributed by atoms with Gasteiger partial charge >= 0.3 is 0 Å². The summed E-state index contributed by atoms with van der Waals surface area (Å²) in [6.07, 6.45) is 4.05. The maximum absolute atomic E-state index is 13.2. The van der Waals surface area contributed by atoms with Crippen molar-refractivity contribution in [1.29, 1.82) is 0 Å². The van der Waals surface area contributed by atoms with Gasteiger partial charge in [0.15, 0.2) is 5.78 Å². The normalized spacial score (nSPS) is 16.9. The third-order valence-electron chi connectivity index (χ3n) is 2.94. The number of carbonyl (C=O) groups is 1. The molecule has 0 saturated heterocycles. The zero-order chi connectivity index (χ0) is 12.5. The zero-order valence-corrected chi connectivity index (χ0v) is 9.67. The lowest BCUT2D eigenvalue weighted by Crippen LogP contribution is -2.10. The Labute approximate surface area is 99.1 Å². The molecule has 0 amide bonds. The molecule has 0 N–H and O–H groups in total. The molecule has 1 nitrogen and oxygen atoms in total. The van der Waals surface area contributed by atoms with Gasteiger partial charge in [0.2, 0.25) is 0 Å². The summed E-state index contributed by atoms with van der Waals surface area (Å²) in [6, 6.07) is 6.08. The monoisotopic (exact) mass is 236 g/mol. The molecule has 90 valence electrons. The van der Waals surface area contributed by atoms with Gasteiger partial charge in [-0.2, -0.15) is 0 Å². The van der Waals surface area contributed by atoms with E-state index in [9.17, 15) is 13.6 Å². The quantitative estimate of drug-likeness (QED) is 0.760. The van der Waals surface area contributed by atoms with E-state index in [1.807, 2.05) is 6.08 Å². The number of Topliss-reactive ketones (excluding diaryl/α,β-unsaturated/α-hetero) is 1. The van der Waals surface area contributed by atoms with Crippen LogP contribution in [0, 0.1) is 0 Å². The minimum absolute atomic E-state index is 0.0470. The molecule has 1 aromatic rings. The number of benzene rings is 1. The van der Waals surface area contributed by atoms with Gasteiger partial charge in [-0.05, 0) is 24.5 Å². The summed E-state index contributed by atoms with van der Waals surface area (Å²) in [4.78, 5) is 11.7. The Morgan fingerprint density at radius 2 is 2.06 bits per heavy atom. The van der Waals surface area contributed by atoms with E-state index in [0.717, 1.165) is 19.8 Å². The van der Waals surface area contributed by atoms with Crippen LogP contribution in [-0.4, -0.2) is 5.78 Å². The van der Waals surface area contributed by atoms with Crippen LogP contribution < -0.4 is 0 Å². The molecule has 0 unspecified atom stereocenters. The van der Waals surface area contributed by atoms with Crippen LogP contribution in [0.25, 0.3) is 5.57 Å². The van der Waals surface area contributed by atoms with Crippen molar-refractivity contribution in [2.45, 2.75) is 32.1 Å². The molecule has 1 aliphatic carbocycles. The van der Waals surface area contributed by atoms with E-state index in [0.29, 0.717) is 17.6 Å². The van der Waals surface area contributed by atoms with Crippen molar-refractivity contribution in [2.75, 3.05) is 0 Å². The fourth-order valence-corrected chi connectivity index (χ4v) is 2.00. The number of rotatable bonds is 2. The minimum atomic E-state index is -2.87. The summed E-state index contributed by atoms with van der Waals surface area (Å²) in [5.74, 6) is -2.82. The molecule has 0 aliphatic heterocycles. The fourth-order valence-electron chi connectivity index (χ4n) is 2.00. The Kier molecular flexibility index (Phi) is 3.09. The lowest BCUT2D eigenvalue weighted by Gasteiger charge is -2.15. The number of ketones is 1. The van der Waals surface area contributed by atoms with Crippen molar-refractivity contribution in [3.63, 3.8) is 0 Å². The molecule has 0 heterocycles. The highest BCUT2D eigenvalue weighted by molar-refractivity contribution is 6.21. The van der Waals surface area contributed by atoms with E-state index in [1.165, 1.54) is 12.1 Å². The Hall–Kier alpha value is -1.51. The van der Waals surface area contributed by atoms with E-state index >= 15 is 0 Å². The van der Waals surface area contributed by atoms with Gasteiger partial charge in [0.25, 0.3) is 5.92 Å². The van der Waals surface area contributed by atoms with E-state index < -0.39 is 5.92 Å². The summed E-state index contributed by atoms with van der Waals surface area (Å²) < 4.78 is 26.4. The Bertz CT molecular complexity index is 469. The number of carbonyl (C=O) groups excluding carboxylic acids is 1. The predicted octanol–water partition coefficient (Wildman–Crippen LogP) is 3.93. The molecule has 0 spiro atoms. The molecule has 1 aromatic carbocycles. The van der Waals surface area contributed by atoms with Crippen LogP contribution in [0.15, 0.2) is 30.3 Å². The molecule has 2 rings (SSSR count). The third-order valence-corrected chi connectivity index (χ3v) is 2.94. The first-order valence-electron chi connectivity index (χ1n) is 5.70. The van der Waals surface area contributed by atoms with E-state index in [2.05, 4.69) is 0 Å². The standard InChI is InChI=1S/C14H14F2O/c1-14(15,16)11-6-4-5-10(9-11)12-7-2-3-8-13(12)17/h4-7,9H,2-3,8H2,1H3. The summed E-state index contributed by atoms with van der Waals surface area (Å²) in [5, 5.41) is 0. The first kappa shape index (κ1) is 12.0. The molecular weight excluding hydrogens is 222 g/mol. The van der Waals surface area contributed by atoms with Crippen LogP contribution in [0.1, 0.15) is 37.3 Å². The molecule has 1 aliphatic rings. The summed E-state index contributed by atoms with van der Waals surface area (Å²) >= 11 is 0. The topological polar surface area (TPSA) is 17.1 Å². The van der Waals surface area contributed by atoms with Gasteiger partial charge < -0.3 is 0 Å². The molecule has 0 aromatic heterocycles. The zero-order valence-electron chi connectivity index (χ0n) is 9.67. The first-order chi connectivity index (χ1) is 7.98. The highest BCUT2D eigenvalue weighted by Crippen LogP contribution is 2.30. The Balaban J connectivity index is 2.40. The van der Waals surface area contributed by atoms with Gasteiger partial charge in [-0.3, -0.25) is 4.79 Å². The predicted molar refractivity (Wildman–Crippen MR) is 62.8 cm³/mol. The van der Waals surface area contributed by atoms with Crippen molar-refractivity contribution in [1.82, 2.24) is 0 Å². The van der Waals surface area contributed by atoms with Crippen LogP contribution in [-0.2, 0) is 10.7 Å². The van der Waals surface area contributed by atoms with Crippen molar-refractivity contribution in [2.24, 2.45) is 0 Å². The highest BCUT2D eigenvalue weighted by Gasteiger charge is 2.25. The van der Waals surface area contributed by atoms with Crippen molar-refractivity contribution in [3.8, 4) is 0 Å². The molecule has 0 saturated carbocycles. The molecule has 0 radical (unpaired) electrons. The van der Waals surface area contributed by atoms with Crippen molar-refractivity contribution < 1.29 is 13.6 Å². The van der Waals surface area contributed by atoms with Gasteiger partial charge in [0.05, 0.1) is 0 Å². The molecule has 3 heteroatoms. The van der Waals surface area contributed by atoms with Gasteiger partial charge in [0, 0.05) is 24.5 Å². The minimum Gasteiger partial charge on any atom is -0.294 e. The van der Waals surface area contributed by atoms with Crippen LogP contribution in [0.5, 0.6) is 0 Å². The fraction of sp³-hybridized carbons (Fsp3) is 0.357. The SMILES string of the molecule is CC(F)(F)c1cccc(C2=CCCCC2=O)c1. The number of halogens is 2. The Morgan fingerprint density at radius 3 is 2.71 bits per heavy atom. The summed E-state index contributed by atoms with van der Waals surface area (Å²) in [7, 11) is 0. The first-order valence-corrected chi connectivity index (χ1v) is 5.70. The van der Waals surface area contributed by atoms with Gasteiger partial charge in [-0.15, -0.1) is 0 Å². The highest BCUT2D eigenvalue weighted by atomic mass is 19.3. The largest absolute Gasteiger partial charge is 0.294 e. The van der Waals surface area contributed by atoms with Crippen LogP contribution >= 0.6 is 0 Å². The smallest absolute Gasteiger partial charge is 0.270 e. The van der Waals surface area contributed by atoms with Crippen LogP contribution in [0.3, 0.4) is 0 Å². The maximum atomic E-state index is 13.2. The molecule has 0 fully saturated rings. The van der Waals surface area contributed by atoms with Gasteiger partial charge in [0.1, 0.15) is 0 Å². The van der Waals surface area contributed by atoms with Gasteiger partial charge in [-0.1, -0.05) is 24.3 Å². The summed E-state index contributed by atoms with van der Waals surface area (Å²) in [5.41, 5.74) is 1.14. The second kappa shape index (κ2) is 4.40. The third kappa shape index (κ3) is 2.60. The number of hydrogen-bond acceptors (Lipinski definition) is 1. The molecular formula is C14H14F2O. The average Bonchev–Trinajstić information content (AvgIpc) is 2.29. The molecule has 0 bridgehead atoms. The maximum Gasteiger partial charge on any atom is 0.270 e. The van der Waals surface area contributed by atoms with Crippen LogP contribution in [0.4, 0.5) is 8.78 Å². The van der Waals surface area contributed by atoms with Crippen molar-refractivity contribution >= 4 is 11.4 Å². The second-order valence-corrected chi connectivity index (χ2v) is 4.40. The van der Waals surface area contributed by atoms with E-state index in [1.54, 1.807) is 12.1 Å². The molecule has 17 heavy (non-hydrogen) atoms. The Morgan fingerprint density at radius 1 is 1.29 bits per heavy atom. The second-order valence-electron chi connectivity index (χ2n) is 4.40. The number of alkyl halides is 2. The number of hydrogen-bond donors (Lipinski definition) is 0. The van der Waals surface area contributed by atoms with Crippen LogP contribution in [0.2, 0.25) is 0 Å². The van der Waals surface area contributed by atoms with Crippen molar-refractivity contribution in [3.05, 3.63) is 41.5 Å². The lowest BCUT2D eigenvalue weighted by atomic mass is 9.91. The lowest BCUT2D eigenvalue weighted by molar-refractivity contribution is -0.114. The van der Waals surface area contributed by atoms with E-state index in [-0.39, 0.29) is 11.3 Å². The van der Waals surface area contributed by atoms with E-state index in [4.69, 9.17) is 0 Å². The molecule has 0 atom stereocenters.